The van der Waals surface area contributed by atoms with Crippen molar-refractivity contribution in [1.29, 1.82) is 0 Å². The van der Waals surface area contributed by atoms with Gasteiger partial charge in [-0.25, -0.2) is 0 Å². The third kappa shape index (κ3) is 3.43. The van der Waals surface area contributed by atoms with E-state index in [1.807, 2.05) is 60.8 Å². The molecule has 0 aliphatic heterocycles. The monoisotopic (exact) mass is 243 g/mol. The molecule has 0 saturated heterocycles. The second kappa shape index (κ2) is 5.65. The summed E-state index contributed by atoms with van der Waals surface area (Å²) >= 11 is 5.85. The molecule has 1 atom stereocenters. The van der Waals surface area contributed by atoms with Crippen LogP contribution in [0.4, 0.5) is 0 Å². The number of hydrogen-bond donors (Lipinski definition) is 0. The lowest BCUT2D eigenvalue weighted by atomic mass is 10.1. The molecule has 2 aromatic carbocycles. The van der Waals surface area contributed by atoms with Crippen LogP contribution >= 0.6 is 11.6 Å². The summed E-state index contributed by atoms with van der Waals surface area (Å²) < 4.78 is 0. The molecular weight excluding hydrogens is 230 g/mol. The third-order valence-corrected chi connectivity index (χ3v) is 2.85. The van der Waals surface area contributed by atoms with E-state index in [-0.39, 0.29) is 6.04 Å². The fourth-order valence-corrected chi connectivity index (χ4v) is 1.69. The Morgan fingerprint density at radius 1 is 1.00 bits per heavy atom. The predicted molar refractivity (Wildman–Crippen MR) is 73.9 cm³/mol. The summed E-state index contributed by atoms with van der Waals surface area (Å²) in [6, 6.07) is 18.0. The minimum Gasteiger partial charge on any atom is -0.285 e. The smallest absolute Gasteiger partial charge is 0.0721 e. The molecular formula is C15H14ClN. The molecule has 1 nitrogen and oxygen atoms in total. The molecule has 86 valence electrons. The molecule has 2 aromatic rings. The van der Waals surface area contributed by atoms with E-state index in [9.17, 15) is 0 Å². The van der Waals surface area contributed by atoms with Crippen molar-refractivity contribution < 1.29 is 0 Å². The number of halogens is 1. The Bertz CT molecular complexity index is 488. The van der Waals surface area contributed by atoms with Crippen LogP contribution < -0.4 is 0 Å². The zero-order valence-electron chi connectivity index (χ0n) is 9.68. The van der Waals surface area contributed by atoms with Gasteiger partial charge in [-0.05, 0) is 30.2 Å². The van der Waals surface area contributed by atoms with Gasteiger partial charge < -0.3 is 0 Å². The average Bonchev–Trinajstić information content (AvgIpc) is 2.38. The molecule has 0 amide bonds. The van der Waals surface area contributed by atoms with Gasteiger partial charge in [0.2, 0.25) is 0 Å². The summed E-state index contributed by atoms with van der Waals surface area (Å²) in [6.07, 6.45) is 1.90. The van der Waals surface area contributed by atoms with Crippen molar-refractivity contribution in [2.75, 3.05) is 0 Å². The van der Waals surface area contributed by atoms with Gasteiger partial charge in [0, 0.05) is 11.2 Å². The van der Waals surface area contributed by atoms with Crippen LogP contribution in [0.25, 0.3) is 0 Å². The molecule has 2 rings (SSSR count). The first kappa shape index (κ1) is 11.9. The Labute approximate surface area is 107 Å². The van der Waals surface area contributed by atoms with E-state index in [1.165, 1.54) is 5.56 Å². The fourth-order valence-electron chi connectivity index (χ4n) is 1.56. The lowest BCUT2D eigenvalue weighted by Crippen LogP contribution is -1.90. The first-order valence-electron chi connectivity index (χ1n) is 5.59. The van der Waals surface area contributed by atoms with Crippen LogP contribution in [0.15, 0.2) is 59.6 Å². The molecule has 17 heavy (non-hydrogen) atoms. The summed E-state index contributed by atoms with van der Waals surface area (Å²) in [5.41, 5.74) is 2.29. The molecule has 0 N–H and O–H groups in total. The predicted octanol–water partition coefficient (Wildman–Crippen LogP) is 4.52. The molecule has 0 aromatic heterocycles. The van der Waals surface area contributed by atoms with Crippen LogP contribution in [0.3, 0.4) is 0 Å². The van der Waals surface area contributed by atoms with Crippen molar-refractivity contribution in [3.05, 3.63) is 70.7 Å². The van der Waals surface area contributed by atoms with Gasteiger partial charge in [0.05, 0.1) is 6.04 Å². The van der Waals surface area contributed by atoms with Crippen molar-refractivity contribution in [1.82, 2.24) is 0 Å². The minimum atomic E-state index is 0.146. The number of hydrogen-bond acceptors (Lipinski definition) is 1. The van der Waals surface area contributed by atoms with E-state index in [2.05, 4.69) is 11.9 Å². The fraction of sp³-hybridized carbons (Fsp3) is 0.133. The van der Waals surface area contributed by atoms with Gasteiger partial charge >= 0.3 is 0 Å². The summed E-state index contributed by atoms with van der Waals surface area (Å²) in [5, 5.41) is 0.757. The minimum absolute atomic E-state index is 0.146. The maximum absolute atomic E-state index is 5.85. The molecule has 0 aliphatic rings. The maximum atomic E-state index is 5.85. The highest BCUT2D eigenvalue weighted by Crippen LogP contribution is 2.18. The van der Waals surface area contributed by atoms with Crippen LogP contribution in [0.1, 0.15) is 24.1 Å². The Morgan fingerprint density at radius 2 is 1.65 bits per heavy atom. The van der Waals surface area contributed by atoms with Gasteiger partial charge in [-0.3, -0.25) is 4.99 Å². The van der Waals surface area contributed by atoms with E-state index in [0.717, 1.165) is 10.6 Å². The van der Waals surface area contributed by atoms with Gasteiger partial charge in [-0.2, -0.15) is 0 Å². The first-order chi connectivity index (χ1) is 8.25. The Morgan fingerprint density at radius 3 is 2.29 bits per heavy atom. The number of benzene rings is 2. The molecule has 0 heterocycles. The van der Waals surface area contributed by atoms with Crippen molar-refractivity contribution in [2.24, 2.45) is 4.99 Å². The topological polar surface area (TPSA) is 12.4 Å². The Hall–Kier alpha value is -1.60. The summed E-state index contributed by atoms with van der Waals surface area (Å²) in [5.74, 6) is 0. The lowest BCUT2D eigenvalue weighted by Gasteiger charge is -2.06. The van der Waals surface area contributed by atoms with Crippen molar-refractivity contribution in [3.8, 4) is 0 Å². The molecule has 0 aliphatic carbocycles. The molecule has 0 fully saturated rings. The standard InChI is InChI=1S/C15H14ClN/c1-12(14-7-9-15(16)10-8-14)17-11-13-5-3-2-4-6-13/h2-12H,1H3. The highest BCUT2D eigenvalue weighted by molar-refractivity contribution is 6.30. The van der Waals surface area contributed by atoms with Crippen molar-refractivity contribution in [2.45, 2.75) is 13.0 Å². The van der Waals surface area contributed by atoms with Crippen LogP contribution in [0.5, 0.6) is 0 Å². The highest BCUT2D eigenvalue weighted by Gasteiger charge is 2.01. The van der Waals surface area contributed by atoms with Gasteiger partial charge in [-0.1, -0.05) is 54.1 Å². The molecule has 0 radical (unpaired) electrons. The van der Waals surface area contributed by atoms with Gasteiger partial charge in [0.1, 0.15) is 0 Å². The van der Waals surface area contributed by atoms with Crippen molar-refractivity contribution >= 4 is 17.8 Å². The lowest BCUT2D eigenvalue weighted by molar-refractivity contribution is 0.825. The van der Waals surface area contributed by atoms with Gasteiger partial charge in [0.15, 0.2) is 0 Å². The largest absolute Gasteiger partial charge is 0.285 e. The quantitative estimate of drug-likeness (QED) is 0.703. The van der Waals surface area contributed by atoms with Crippen LogP contribution in [0.2, 0.25) is 5.02 Å². The number of rotatable bonds is 3. The van der Waals surface area contributed by atoms with E-state index in [1.54, 1.807) is 0 Å². The molecule has 0 saturated carbocycles. The summed E-state index contributed by atoms with van der Waals surface area (Å²) in [6.45, 7) is 2.07. The number of aliphatic imine (C=N–C) groups is 1. The number of nitrogens with zero attached hydrogens (tertiary/aromatic N) is 1. The van der Waals surface area contributed by atoms with Crippen LogP contribution in [-0.2, 0) is 0 Å². The second-order valence-corrected chi connectivity index (χ2v) is 4.35. The van der Waals surface area contributed by atoms with Crippen molar-refractivity contribution in [3.63, 3.8) is 0 Å². The summed E-state index contributed by atoms with van der Waals surface area (Å²) in [4.78, 5) is 4.53. The molecule has 2 heteroatoms. The zero-order chi connectivity index (χ0) is 12.1. The normalized spacial score (nSPS) is 12.8. The van der Waals surface area contributed by atoms with E-state index in [4.69, 9.17) is 11.6 Å². The first-order valence-corrected chi connectivity index (χ1v) is 5.97. The molecule has 0 spiro atoms. The second-order valence-electron chi connectivity index (χ2n) is 3.92. The van der Waals surface area contributed by atoms with E-state index < -0.39 is 0 Å². The highest BCUT2D eigenvalue weighted by atomic mass is 35.5. The zero-order valence-corrected chi connectivity index (χ0v) is 10.4. The van der Waals surface area contributed by atoms with Gasteiger partial charge in [-0.15, -0.1) is 0 Å². The van der Waals surface area contributed by atoms with Gasteiger partial charge in [0.25, 0.3) is 0 Å². The molecule has 1 unspecified atom stereocenters. The maximum Gasteiger partial charge on any atom is 0.0721 e. The van der Waals surface area contributed by atoms with E-state index >= 15 is 0 Å². The van der Waals surface area contributed by atoms with E-state index in [0.29, 0.717) is 0 Å². The summed E-state index contributed by atoms with van der Waals surface area (Å²) in [7, 11) is 0. The third-order valence-electron chi connectivity index (χ3n) is 2.60. The Balaban J connectivity index is 2.09. The van der Waals surface area contributed by atoms with Crippen LogP contribution in [0, 0.1) is 0 Å². The molecule has 0 bridgehead atoms. The van der Waals surface area contributed by atoms with Crippen LogP contribution in [-0.4, -0.2) is 6.21 Å². The SMILES string of the molecule is CC(N=Cc1ccccc1)c1ccc(Cl)cc1. The average molecular weight is 244 g/mol. The Kier molecular flexibility index (Phi) is 3.94.